The number of unbranched alkanes of at least 4 members (excludes halogenated alkanes) is 1. The Morgan fingerprint density at radius 2 is 1.88 bits per heavy atom. The molecule has 94 valence electrons. The summed E-state index contributed by atoms with van der Waals surface area (Å²) in [5, 5.41) is 19.3. The van der Waals surface area contributed by atoms with E-state index in [-0.39, 0.29) is 12.8 Å². The van der Waals surface area contributed by atoms with Crippen molar-refractivity contribution in [2.24, 2.45) is 0 Å². The van der Waals surface area contributed by atoms with Gasteiger partial charge in [-0.2, -0.15) is 0 Å². The number of rotatable bonds is 7. The summed E-state index contributed by atoms with van der Waals surface area (Å²) in [7, 11) is 0. The van der Waals surface area contributed by atoms with Gasteiger partial charge >= 0.3 is 5.97 Å². The summed E-state index contributed by atoms with van der Waals surface area (Å²) in [5.41, 5.74) is -0.190. The van der Waals surface area contributed by atoms with Gasteiger partial charge in [0.1, 0.15) is 0 Å². The molecule has 1 rings (SSSR count). The van der Waals surface area contributed by atoms with Gasteiger partial charge in [-0.15, -0.1) is 0 Å². The zero-order valence-corrected chi connectivity index (χ0v) is 10.2. The van der Waals surface area contributed by atoms with Gasteiger partial charge in [-0.05, 0) is 18.4 Å². The smallest absolute Gasteiger partial charge is 0.303 e. The number of carbonyl (C=O) groups is 1. The zero-order valence-electron chi connectivity index (χ0n) is 10.2. The first-order valence-corrected chi connectivity index (χ1v) is 6.08. The number of hydrogen-bond acceptors (Lipinski definition) is 2. The fourth-order valence-electron chi connectivity index (χ4n) is 1.95. The molecule has 2 N–H and O–H groups in total. The van der Waals surface area contributed by atoms with Crippen LogP contribution < -0.4 is 0 Å². The van der Waals surface area contributed by atoms with Crippen molar-refractivity contribution in [1.82, 2.24) is 0 Å². The summed E-state index contributed by atoms with van der Waals surface area (Å²) < 4.78 is 0. The second-order valence-corrected chi connectivity index (χ2v) is 4.39. The lowest BCUT2D eigenvalue weighted by atomic mass is 9.84. The standard InChI is InChI=1S/C14H20O3/c1-2-3-10-14(17,11-9-13(15)16)12-7-5-4-6-8-12/h4-8,17H,2-3,9-11H2,1H3,(H,15,16). The molecule has 1 aromatic rings. The molecule has 0 amide bonds. The van der Waals surface area contributed by atoms with E-state index in [9.17, 15) is 9.90 Å². The van der Waals surface area contributed by atoms with Crippen LogP contribution in [0.3, 0.4) is 0 Å². The van der Waals surface area contributed by atoms with Crippen LogP contribution in [0, 0.1) is 0 Å². The summed E-state index contributed by atoms with van der Waals surface area (Å²) in [6.45, 7) is 2.06. The molecule has 0 radical (unpaired) electrons. The molecule has 1 unspecified atom stereocenters. The van der Waals surface area contributed by atoms with E-state index in [0.29, 0.717) is 6.42 Å². The van der Waals surface area contributed by atoms with Crippen molar-refractivity contribution in [3.63, 3.8) is 0 Å². The summed E-state index contributed by atoms with van der Waals surface area (Å²) in [5.74, 6) is -0.865. The molecule has 0 aromatic heterocycles. The van der Waals surface area contributed by atoms with Crippen LogP contribution in [0.1, 0.15) is 44.6 Å². The van der Waals surface area contributed by atoms with Gasteiger partial charge in [0.15, 0.2) is 0 Å². The van der Waals surface area contributed by atoms with Gasteiger partial charge in [-0.1, -0.05) is 50.1 Å². The Hall–Kier alpha value is -1.35. The van der Waals surface area contributed by atoms with E-state index in [1.807, 2.05) is 30.3 Å². The van der Waals surface area contributed by atoms with E-state index >= 15 is 0 Å². The molecule has 3 heteroatoms. The topological polar surface area (TPSA) is 57.5 Å². The van der Waals surface area contributed by atoms with Crippen LogP contribution in [0.15, 0.2) is 30.3 Å². The Bertz CT molecular complexity index is 348. The SMILES string of the molecule is CCCCC(O)(CCC(=O)O)c1ccccc1. The third-order valence-corrected chi connectivity index (χ3v) is 3.01. The van der Waals surface area contributed by atoms with E-state index < -0.39 is 11.6 Å². The molecule has 0 spiro atoms. The monoisotopic (exact) mass is 236 g/mol. The first-order chi connectivity index (χ1) is 8.08. The minimum atomic E-state index is -1.00. The van der Waals surface area contributed by atoms with Gasteiger partial charge in [0, 0.05) is 6.42 Å². The average Bonchev–Trinajstić information content (AvgIpc) is 2.35. The fraction of sp³-hybridized carbons (Fsp3) is 0.500. The van der Waals surface area contributed by atoms with Crippen LogP contribution in [-0.4, -0.2) is 16.2 Å². The van der Waals surface area contributed by atoms with Crippen LogP contribution >= 0.6 is 0 Å². The van der Waals surface area contributed by atoms with Gasteiger partial charge < -0.3 is 10.2 Å². The highest BCUT2D eigenvalue weighted by atomic mass is 16.4. The maximum Gasteiger partial charge on any atom is 0.303 e. The number of carboxylic acid groups (broad SMARTS) is 1. The number of aliphatic carboxylic acids is 1. The Labute approximate surface area is 102 Å². The molecular weight excluding hydrogens is 216 g/mol. The van der Waals surface area contributed by atoms with E-state index in [4.69, 9.17) is 5.11 Å². The molecule has 0 aliphatic heterocycles. The summed E-state index contributed by atoms with van der Waals surface area (Å²) in [4.78, 5) is 10.6. The Morgan fingerprint density at radius 3 is 2.41 bits per heavy atom. The summed E-state index contributed by atoms with van der Waals surface area (Å²) >= 11 is 0. The van der Waals surface area contributed by atoms with Crippen LogP contribution in [0.2, 0.25) is 0 Å². The third-order valence-electron chi connectivity index (χ3n) is 3.01. The van der Waals surface area contributed by atoms with Crippen LogP contribution in [0.25, 0.3) is 0 Å². The molecule has 1 atom stereocenters. The largest absolute Gasteiger partial charge is 0.481 e. The molecule has 1 aromatic carbocycles. The summed E-state index contributed by atoms with van der Waals surface area (Å²) in [6, 6.07) is 9.34. The van der Waals surface area contributed by atoms with E-state index in [1.165, 1.54) is 0 Å². The van der Waals surface area contributed by atoms with E-state index in [2.05, 4.69) is 6.92 Å². The molecule has 3 nitrogen and oxygen atoms in total. The van der Waals surface area contributed by atoms with Crippen LogP contribution in [-0.2, 0) is 10.4 Å². The number of carboxylic acids is 1. The molecular formula is C14H20O3. The quantitative estimate of drug-likeness (QED) is 0.765. The van der Waals surface area contributed by atoms with Crippen molar-refractivity contribution in [3.8, 4) is 0 Å². The molecule has 0 aliphatic carbocycles. The number of benzene rings is 1. The summed E-state index contributed by atoms with van der Waals surface area (Å²) in [6.07, 6.45) is 2.76. The highest BCUT2D eigenvalue weighted by molar-refractivity contribution is 5.66. The van der Waals surface area contributed by atoms with Crippen molar-refractivity contribution in [1.29, 1.82) is 0 Å². The Balaban J connectivity index is 2.81. The Morgan fingerprint density at radius 1 is 1.24 bits per heavy atom. The van der Waals surface area contributed by atoms with Gasteiger partial charge in [0.05, 0.1) is 5.60 Å². The molecule has 0 heterocycles. The lowest BCUT2D eigenvalue weighted by molar-refractivity contribution is -0.138. The lowest BCUT2D eigenvalue weighted by Crippen LogP contribution is -2.26. The second kappa shape index (κ2) is 6.40. The van der Waals surface area contributed by atoms with Gasteiger partial charge in [-0.25, -0.2) is 0 Å². The van der Waals surface area contributed by atoms with Crippen LogP contribution in [0.4, 0.5) is 0 Å². The number of aliphatic hydroxyl groups is 1. The Kier molecular flexibility index (Phi) is 5.16. The van der Waals surface area contributed by atoms with Gasteiger partial charge in [-0.3, -0.25) is 4.79 Å². The molecule has 0 fully saturated rings. The lowest BCUT2D eigenvalue weighted by Gasteiger charge is -2.28. The zero-order chi connectivity index (χ0) is 12.7. The van der Waals surface area contributed by atoms with Crippen molar-refractivity contribution < 1.29 is 15.0 Å². The highest BCUT2D eigenvalue weighted by Crippen LogP contribution is 2.31. The van der Waals surface area contributed by atoms with Crippen molar-refractivity contribution >= 4 is 5.97 Å². The maximum atomic E-state index is 10.6. The minimum Gasteiger partial charge on any atom is -0.481 e. The van der Waals surface area contributed by atoms with Gasteiger partial charge in [0.2, 0.25) is 0 Å². The molecule has 0 aliphatic rings. The van der Waals surface area contributed by atoms with Crippen molar-refractivity contribution in [2.75, 3.05) is 0 Å². The second-order valence-electron chi connectivity index (χ2n) is 4.39. The molecule has 0 saturated carbocycles. The number of hydrogen-bond donors (Lipinski definition) is 2. The van der Waals surface area contributed by atoms with Gasteiger partial charge in [0.25, 0.3) is 0 Å². The predicted molar refractivity (Wildman–Crippen MR) is 66.7 cm³/mol. The molecule has 0 bridgehead atoms. The first-order valence-electron chi connectivity index (χ1n) is 6.08. The van der Waals surface area contributed by atoms with E-state index in [1.54, 1.807) is 0 Å². The molecule has 0 saturated heterocycles. The highest BCUT2D eigenvalue weighted by Gasteiger charge is 2.28. The minimum absolute atomic E-state index is 0.00485. The molecule has 17 heavy (non-hydrogen) atoms. The van der Waals surface area contributed by atoms with Crippen molar-refractivity contribution in [3.05, 3.63) is 35.9 Å². The van der Waals surface area contributed by atoms with E-state index in [0.717, 1.165) is 18.4 Å². The predicted octanol–water partition coefficient (Wildman–Crippen LogP) is 2.93. The van der Waals surface area contributed by atoms with Crippen LogP contribution in [0.5, 0.6) is 0 Å². The maximum absolute atomic E-state index is 10.6. The average molecular weight is 236 g/mol. The third kappa shape index (κ3) is 4.19. The van der Waals surface area contributed by atoms with Crippen molar-refractivity contribution in [2.45, 2.75) is 44.6 Å². The first kappa shape index (κ1) is 13.7. The normalized spacial score (nSPS) is 14.2. The fourth-order valence-corrected chi connectivity index (χ4v) is 1.95.